The molecule has 0 aromatic rings. The van der Waals surface area contributed by atoms with Gasteiger partial charge in [0.1, 0.15) is 0 Å². The number of hydrogen-bond donors (Lipinski definition) is 1. The fourth-order valence-corrected chi connectivity index (χ4v) is 4.25. The van der Waals surface area contributed by atoms with E-state index in [1.54, 1.807) is 4.31 Å². The predicted molar refractivity (Wildman–Crippen MR) is 60.1 cm³/mol. The zero-order valence-electron chi connectivity index (χ0n) is 9.44. The van der Waals surface area contributed by atoms with Crippen LogP contribution in [0.1, 0.15) is 26.7 Å². The molecule has 1 aliphatic heterocycles. The summed E-state index contributed by atoms with van der Waals surface area (Å²) in [5, 5.41) is 3.30. The second-order valence-electron chi connectivity index (χ2n) is 4.95. The lowest BCUT2D eigenvalue weighted by atomic mass is 10.2. The monoisotopic (exact) mass is 232 g/mol. The van der Waals surface area contributed by atoms with Gasteiger partial charge in [-0.05, 0) is 32.6 Å². The summed E-state index contributed by atoms with van der Waals surface area (Å²) in [6.07, 6.45) is 2.19. The fourth-order valence-electron chi connectivity index (χ4n) is 2.05. The maximum Gasteiger partial charge on any atom is 0.214 e. The smallest absolute Gasteiger partial charge is 0.214 e. The van der Waals surface area contributed by atoms with Crippen LogP contribution in [-0.2, 0) is 10.0 Å². The van der Waals surface area contributed by atoms with Gasteiger partial charge < -0.3 is 5.32 Å². The van der Waals surface area contributed by atoms with E-state index in [1.807, 2.05) is 13.8 Å². The van der Waals surface area contributed by atoms with Crippen molar-refractivity contribution in [2.45, 2.75) is 38.8 Å². The number of piperazine rings is 1. The van der Waals surface area contributed by atoms with Gasteiger partial charge >= 0.3 is 0 Å². The highest BCUT2D eigenvalue weighted by atomic mass is 32.2. The van der Waals surface area contributed by atoms with Crippen LogP contribution in [0.25, 0.3) is 0 Å². The molecule has 1 aliphatic carbocycles. The highest BCUT2D eigenvalue weighted by Gasteiger charge is 2.36. The highest BCUT2D eigenvalue weighted by molar-refractivity contribution is 7.89. The summed E-state index contributed by atoms with van der Waals surface area (Å²) in [5.41, 5.74) is 0. The lowest BCUT2D eigenvalue weighted by Gasteiger charge is -2.36. The molecule has 1 saturated heterocycles. The van der Waals surface area contributed by atoms with E-state index < -0.39 is 10.0 Å². The van der Waals surface area contributed by atoms with Crippen molar-refractivity contribution in [3.63, 3.8) is 0 Å². The van der Waals surface area contributed by atoms with Gasteiger partial charge in [-0.25, -0.2) is 8.42 Å². The van der Waals surface area contributed by atoms with Crippen molar-refractivity contribution in [2.24, 2.45) is 5.92 Å². The van der Waals surface area contributed by atoms with Crippen molar-refractivity contribution in [2.75, 3.05) is 18.8 Å². The summed E-state index contributed by atoms with van der Waals surface area (Å²) < 4.78 is 25.9. The van der Waals surface area contributed by atoms with Crippen LogP contribution in [0.15, 0.2) is 0 Å². The van der Waals surface area contributed by atoms with Gasteiger partial charge in [-0.2, -0.15) is 4.31 Å². The molecular formula is C10H20N2O2S. The Morgan fingerprint density at radius 1 is 1.33 bits per heavy atom. The van der Waals surface area contributed by atoms with Gasteiger partial charge in [0.2, 0.25) is 10.0 Å². The highest BCUT2D eigenvalue weighted by Crippen LogP contribution is 2.31. The molecule has 2 atom stereocenters. The molecule has 0 amide bonds. The Kier molecular flexibility index (Phi) is 3.05. The Morgan fingerprint density at radius 2 is 2.00 bits per heavy atom. The summed E-state index contributed by atoms with van der Waals surface area (Å²) in [6.45, 7) is 5.40. The largest absolute Gasteiger partial charge is 0.311 e. The SMILES string of the molecule is CC1CN(S(=O)(=O)CC2CC2)C(C)CN1. The molecule has 2 aliphatic rings. The van der Waals surface area contributed by atoms with E-state index in [4.69, 9.17) is 0 Å². The Morgan fingerprint density at radius 3 is 2.60 bits per heavy atom. The zero-order chi connectivity index (χ0) is 11.1. The molecule has 0 radical (unpaired) electrons. The molecule has 4 nitrogen and oxygen atoms in total. The van der Waals surface area contributed by atoms with Crippen molar-refractivity contribution in [1.82, 2.24) is 9.62 Å². The second kappa shape index (κ2) is 4.03. The molecule has 1 saturated carbocycles. The molecule has 2 unspecified atom stereocenters. The Bertz CT molecular complexity index is 324. The molecule has 5 heteroatoms. The van der Waals surface area contributed by atoms with E-state index in [9.17, 15) is 8.42 Å². The first-order chi connectivity index (χ1) is 6.99. The molecule has 2 fully saturated rings. The first-order valence-corrected chi connectivity index (χ1v) is 7.33. The van der Waals surface area contributed by atoms with Crippen molar-refractivity contribution in [1.29, 1.82) is 0 Å². The van der Waals surface area contributed by atoms with Crippen LogP contribution >= 0.6 is 0 Å². The van der Waals surface area contributed by atoms with Gasteiger partial charge in [-0.1, -0.05) is 0 Å². The lowest BCUT2D eigenvalue weighted by Crippen LogP contribution is -2.56. The molecule has 0 aromatic heterocycles. The summed E-state index contributed by atoms with van der Waals surface area (Å²) in [5.74, 6) is 0.803. The van der Waals surface area contributed by atoms with E-state index in [1.165, 1.54) is 0 Å². The maximum atomic E-state index is 12.1. The van der Waals surface area contributed by atoms with E-state index in [-0.39, 0.29) is 12.1 Å². The molecule has 0 bridgehead atoms. The van der Waals surface area contributed by atoms with E-state index in [0.29, 0.717) is 18.2 Å². The van der Waals surface area contributed by atoms with Gasteiger partial charge in [0.25, 0.3) is 0 Å². The third kappa shape index (κ3) is 2.71. The number of nitrogens with one attached hydrogen (secondary N) is 1. The average Bonchev–Trinajstić information content (AvgIpc) is 2.92. The van der Waals surface area contributed by atoms with Crippen molar-refractivity contribution >= 4 is 10.0 Å². The van der Waals surface area contributed by atoms with Crippen LogP contribution in [0.2, 0.25) is 0 Å². The lowest BCUT2D eigenvalue weighted by molar-refractivity contribution is 0.244. The normalized spacial score (nSPS) is 34.3. The van der Waals surface area contributed by atoms with Crippen LogP contribution in [0.4, 0.5) is 0 Å². The standard InChI is InChI=1S/C10H20N2O2S/c1-8-6-12(9(2)5-11-8)15(13,14)7-10-3-4-10/h8-11H,3-7H2,1-2H3. The summed E-state index contributed by atoms with van der Waals surface area (Å²) in [7, 11) is -3.01. The van der Waals surface area contributed by atoms with Crippen LogP contribution < -0.4 is 5.32 Å². The van der Waals surface area contributed by atoms with Crippen molar-refractivity contribution < 1.29 is 8.42 Å². The zero-order valence-corrected chi connectivity index (χ0v) is 10.3. The number of hydrogen-bond acceptors (Lipinski definition) is 3. The summed E-state index contributed by atoms with van der Waals surface area (Å²) >= 11 is 0. The van der Waals surface area contributed by atoms with Crippen LogP contribution in [0.5, 0.6) is 0 Å². The molecule has 15 heavy (non-hydrogen) atoms. The van der Waals surface area contributed by atoms with Gasteiger partial charge in [0, 0.05) is 25.2 Å². The van der Waals surface area contributed by atoms with Gasteiger partial charge in [0.15, 0.2) is 0 Å². The van der Waals surface area contributed by atoms with Crippen molar-refractivity contribution in [3.05, 3.63) is 0 Å². The molecule has 2 rings (SSSR count). The maximum absolute atomic E-state index is 12.1. The van der Waals surface area contributed by atoms with Crippen LogP contribution in [0.3, 0.4) is 0 Å². The third-order valence-electron chi connectivity index (χ3n) is 3.21. The third-order valence-corrected chi connectivity index (χ3v) is 5.32. The topological polar surface area (TPSA) is 49.4 Å². The summed E-state index contributed by atoms with van der Waals surface area (Å²) in [4.78, 5) is 0. The molecule has 1 N–H and O–H groups in total. The van der Waals surface area contributed by atoms with Gasteiger partial charge in [-0.15, -0.1) is 0 Å². The summed E-state index contributed by atoms with van der Waals surface area (Å²) in [6, 6.07) is 0.375. The predicted octanol–water partition coefficient (Wildman–Crippen LogP) is 0.408. The first-order valence-electron chi connectivity index (χ1n) is 5.72. The average molecular weight is 232 g/mol. The molecule has 0 spiro atoms. The van der Waals surface area contributed by atoms with E-state index in [2.05, 4.69) is 5.32 Å². The molecule has 88 valence electrons. The minimum absolute atomic E-state index is 0.102. The Balaban J connectivity index is 2.05. The Hall–Kier alpha value is -0.130. The van der Waals surface area contributed by atoms with Crippen LogP contribution in [-0.4, -0.2) is 43.6 Å². The van der Waals surface area contributed by atoms with Gasteiger partial charge in [0.05, 0.1) is 5.75 Å². The Labute approximate surface area is 92.1 Å². The first kappa shape index (κ1) is 11.4. The number of sulfonamides is 1. The minimum atomic E-state index is -3.01. The molecular weight excluding hydrogens is 212 g/mol. The molecule has 1 heterocycles. The molecule has 0 aromatic carbocycles. The van der Waals surface area contributed by atoms with Crippen LogP contribution in [0, 0.1) is 5.92 Å². The van der Waals surface area contributed by atoms with E-state index >= 15 is 0 Å². The number of nitrogens with zero attached hydrogens (tertiary/aromatic N) is 1. The van der Waals surface area contributed by atoms with Gasteiger partial charge in [-0.3, -0.25) is 0 Å². The minimum Gasteiger partial charge on any atom is -0.311 e. The quantitative estimate of drug-likeness (QED) is 0.766. The van der Waals surface area contributed by atoms with E-state index in [0.717, 1.165) is 19.4 Å². The number of rotatable bonds is 3. The fraction of sp³-hybridized carbons (Fsp3) is 1.00. The van der Waals surface area contributed by atoms with Crippen molar-refractivity contribution in [3.8, 4) is 0 Å². The second-order valence-corrected chi connectivity index (χ2v) is 6.92.